The lowest BCUT2D eigenvalue weighted by Gasteiger charge is -2.14. The van der Waals surface area contributed by atoms with Crippen LogP contribution >= 0.6 is 23.2 Å². The van der Waals surface area contributed by atoms with Gasteiger partial charge in [0.2, 0.25) is 10.0 Å². The van der Waals surface area contributed by atoms with Crippen molar-refractivity contribution in [1.82, 2.24) is 14.9 Å². The lowest BCUT2D eigenvalue weighted by Crippen LogP contribution is -2.43. The van der Waals surface area contributed by atoms with Crippen molar-refractivity contribution in [2.45, 2.75) is 13.0 Å². The second kappa shape index (κ2) is 8.15. The van der Waals surface area contributed by atoms with Crippen molar-refractivity contribution in [3.05, 3.63) is 33.8 Å². The molecule has 0 radical (unpaired) electrons. The number of nitrogens with one attached hydrogen (secondary N) is 2. The van der Waals surface area contributed by atoms with Crippen LogP contribution in [0.25, 0.3) is 0 Å². The standard InChI is InChI=1S/C14H17Cl2N3O4S/c15-11-3-2-10(12(16)8-11)9-18-14(21)13(20)17-4-6-19-5-1-7-24(19,22)23/h2-3,8H,1,4-7,9H2,(H,17,20)(H,18,21). The summed E-state index contributed by atoms with van der Waals surface area (Å²) in [6.07, 6.45) is 0.582. The van der Waals surface area contributed by atoms with Crippen LogP contribution in [0.15, 0.2) is 18.2 Å². The summed E-state index contributed by atoms with van der Waals surface area (Å²) in [5, 5.41) is 5.71. The molecule has 2 rings (SSSR count). The van der Waals surface area contributed by atoms with Crippen LogP contribution in [0.5, 0.6) is 0 Å². The number of nitrogens with zero attached hydrogens (tertiary/aromatic N) is 1. The Hall–Kier alpha value is -1.35. The average Bonchev–Trinajstić information content (AvgIpc) is 2.84. The molecule has 2 N–H and O–H groups in total. The molecule has 0 aromatic heterocycles. The van der Waals surface area contributed by atoms with E-state index in [0.717, 1.165) is 0 Å². The Morgan fingerprint density at radius 2 is 1.88 bits per heavy atom. The van der Waals surface area contributed by atoms with Crippen LogP contribution in [0.3, 0.4) is 0 Å². The van der Waals surface area contributed by atoms with Gasteiger partial charge in [0, 0.05) is 36.2 Å². The highest BCUT2D eigenvalue weighted by molar-refractivity contribution is 7.89. The summed E-state index contributed by atoms with van der Waals surface area (Å²) in [5.74, 6) is -1.51. The second-order valence-electron chi connectivity index (χ2n) is 5.24. The predicted octanol–water partition coefficient (Wildman–Crippen LogP) is 0.761. The fraction of sp³-hybridized carbons (Fsp3) is 0.429. The molecule has 10 heteroatoms. The van der Waals surface area contributed by atoms with Crippen LogP contribution in [0.4, 0.5) is 0 Å². The van der Waals surface area contributed by atoms with Gasteiger partial charge >= 0.3 is 11.8 Å². The molecule has 24 heavy (non-hydrogen) atoms. The van der Waals surface area contributed by atoms with Crippen molar-refractivity contribution in [2.75, 3.05) is 25.4 Å². The third-order valence-electron chi connectivity index (χ3n) is 3.51. The molecule has 7 nitrogen and oxygen atoms in total. The van der Waals surface area contributed by atoms with Crippen molar-refractivity contribution in [1.29, 1.82) is 0 Å². The molecule has 2 amide bonds. The number of sulfonamides is 1. The number of amides is 2. The van der Waals surface area contributed by atoms with Crippen LogP contribution in [0.1, 0.15) is 12.0 Å². The van der Waals surface area contributed by atoms with E-state index in [2.05, 4.69) is 10.6 Å². The van der Waals surface area contributed by atoms with Gasteiger partial charge in [-0.15, -0.1) is 0 Å². The lowest BCUT2D eigenvalue weighted by molar-refractivity contribution is -0.139. The Kier molecular flexibility index (Phi) is 6.45. The predicted molar refractivity (Wildman–Crippen MR) is 91.3 cm³/mol. The largest absolute Gasteiger partial charge is 0.347 e. The third-order valence-corrected chi connectivity index (χ3v) is 6.05. The van der Waals surface area contributed by atoms with Crippen molar-refractivity contribution in [2.24, 2.45) is 0 Å². The van der Waals surface area contributed by atoms with Crippen LogP contribution < -0.4 is 10.6 Å². The average molecular weight is 394 g/mol. The molecule has 0 atom stereocenters. The smallest absolute Gasteiger partial charge is 0.309 e. The highest BCUT2D eigenvalue weighted by atomic mass is 35.5. The number of carbonyl (C=O) groups excluding carboxylic acids is 2. The summed E-state index contributed by atoms with van der Waals surface area (Å²) in [6, 6.07) is 4.83. The topological polar surface area (TPSA) is 95.6 Å². The first-order valence-electron chi connectivity index (χ1n) is 7.27. The molecule has 1 fully saturated rings. The van der Waals surface area contributed by atoms with E-state index in [1.807, 2.05) is 0 Å². The Labute approximate surface area is 150 Å². The van der Waals surface area contributed by atoms with Gasteiger partial charge in [-0.3, -0.25) is 9.59 Å². The van der Waals surface area contributed by atoms with E-state index < -0.39 is 21.8 Å². The van der Waals surface area contributed by atoms with Crippen LogP contribution in [-0.4, -0.2) is 49.9 Å². The van der Waals surface area contributed by atoms with Gasteiger partial charge in [0.25, 0.3) is 0 Å². The minimum Gasteiger partial charge on any atom is -0.347 e. The van der Waals surface area contributed by atoms with E-state index >= 15 is 0 Å². The van der Waals surface area contributed by atoms with Gasteiger partial charge in [-0.2, -0.15) is 0 Å². The molecule has 1 aromatic carbocycles. The van der Waals surface area contributed by atoms with Crippen LogP contribution in [0.2, 0.25) is 10.0 Å². The van der Waals surface area contributed by atoms with Gasteiger partial charge in [0.1, 0.15) is 0 Å². The van der Waals surface area contributed by atoms with Gasteiger partial charge in [0.15, 0.2) is 0 Å². The lowest BCUT2D eigenvalue weighted by atomic mass is 10.2. The quantitative estimate of drug-likeness (QED) is 0.721. The minimum absolute atomic E-state index is 0.0766. The van der Waals surface area contributed by atoms with E-state index in [1.54, 1.807) is 18.2 Å². The number of halogens is 2. The van der Waals surface area contributed by atoms with Crippen LogP contribution in [-0.2, 0) is 26.2 Å². The number of rotatable bonds is 5. The molecule has 0 spiro atoms. The number of carbonyl (C=O) groups is 2. The van der Waals surface area contributed by atoms with Crippen molar-refractivity contribution in [3.63, 3.8) is 0 Å². The molecular weight excluding hydrogens is 377 g/mol. The van der Waals surface area contributed by atoms with Gasteiger partial charge in [-0.1, -0.05) is 29.3 Å². The zero-order valence-electron chi connectivity index (χ0n) is 12.7. The summed E-state index contributed by atoms with van der Waals surface area (Å²) in [4.78, 5) is 23.4. The highest BCUT2D eigenvalue weighted by Crippen LogP contribution is 2.20. The first-order chi connectivity index (χ1) is 11.3. The van der Waals surface area contributed by atoms with Gasteiger partial charge < -0.3 is 10.6 Å². The Bertz CT molecular complexity index is 740. The SMILES string of the molecule is O=C(NCCN1CCCS1(=O)=O)C(=O)NCc1ccc(Cl)cc1Cl. The summed E-state index contributed by atoms with van der Waals surface area (Å²) in [7, 11) is -3.20. The number of hydrogen-bond acceptors (Lipinski definition) is 4. The fourth-order valence-corrected chi connectivity index (χ4v) is 4.24. The van der Waals surface area contributed by atoms with Crippen molar-refractivity contribution < 1.29 is 18.0 Å². The monoisotopic (exact) mass is 393 g/mol. The molecule has 0 aliphatic carbocycles. The third kappa shape index (κ3) is 5.07. The summed E-state index contributed by atoms with van der Waals surface area (Å²) in [6.45, 7) is 0.764. The minimum atomic E-state index is -3.20. The molecule has 0 unspecified atom stereocenters. The first kappa shape index (κ1) is 19.0. The Morgan fingerprint density at radius 1 is 1.17 bits per heavy atom. The van der Waals surface area contributed by atoms with E-state index in [0.29, 0.717) is 28.6 Å². The maximum Gasteiger partial charge on any atom is 0.309 e. The molecule has 1 aliphatic rings. The first-order valence-corrected chi connectivity index (χ1v) is 9.64. The molecule has 1 aromatic rings. The van der Waals surface area contributed by atoms with Gasteiger partial charge in [0.05, 0.1) is 5.75 Å². The van der Waals surface area contributed by atoms with Crippen LogP contribution in [0, 0.1) is 0 Å². The van der Waals surface area contributed by atoms with Gasteiger partial charge in [-0.25, -0.2) is 12.7 Å². The second-order valence-corrected chi connectivity index (χ2v) is 8.18. The zero-order valence-corrected chi connectivity index (χ0v) is 15.0. The highest BCUT2D eigenvalue weighted by Gasteiger charge is 2.27. The molecule has 1 aliphatic heterocycles. The molecule has 1 heterocycles. The molecule has 0 saturated carbocycles. The van der Waals surface area contributed by atoms with E-state index in [4.69, 9.17) is 23.2 Å². The van der Waals surface area contributed by atoms with Crippen molar-refractivity contribution in [3.8, 4) is 0 Å². The molecule has 1 saturated heterocycles. The zero-order chi connectivity index (χ0) is 17.7. The van der Waals surface area contributed by atoms with E-state index in [1.165, 1.54) is 4.31 Å². The van der Waals surface area contributed by atoms with E-state index in [-0.39, 0.29) is 25.4 Å². The Morgan fingerprint density at radius 3 is 2.50 bits per heavy atom. The molecule has 0 bridgehead atoms. The summed E-state index contributed by atoms with van der Waals surface area (Å²) in [5.41, 5.74) is 0.630. The summed E-state index contributed by atoms with van der Waals surface area (Å²) < 4.78 is 24.5. The Balaban J connectivity index is 1.75. The number of hydrogen-bond donors (Lipinski definition) is 2. The molecular formula is C14H17Cl2N3O4S. The van der Waals surface area contributed by atoms with Gasteiger partial charge in [-0.05, 0) is 24.1 Å². The fourth-order valence-electron chi connectivity index (χ4n) is 2.24. The number of benzene rings is 1. The maximum absolute atomic E-state index is 11.7. The molecule has 132 valence electrons. The van der Waals surface area contributed by atoms with E-state index in [9.17, 15) is 18.0 Å². The maximum atomic E-state index is 11.7. The summed E-state index contributed by atoms with van der Waals surface area (Å²) >= 11 is 11.8. The van der Waals surface area contributed by atoms with Crippen molar-refractivity contribution >= 4 is 45.0 Å². The normalized spacial score (nSPS) is 16.8.